The largest absolute Gasteiger partial charge is 0.495 e. The molecule has 0 spiro atoms. The van der Waals surface area contributed by atoms with E-state index in [-0.39, 0.29) is 0 Å². The van der Waals surface area contributed by atoms with E-state index in [0.29, 0.717) is 6.04 Å². The Kier molecular flexibility index (Phi) is 3.93. The van der Waals surface area contributed by atoms with Crippen LogP contribution in [0.3, 0.4) is 0 Å². The summed E-state index contributed by atoms with van der Waals surface area (Å²) in [4.78, 5) is 0. The molecule has 1 aliphatic carbocycles. The molecule has 2 nitrogen and oxygen atoms in total. The van der Waals surface area contributed by atoms with Gasteiger partial charge in [0.05, 0.1) is 12.8 Å². The van der Waals surface area contributed by atoms with Gasteiger partial charge >= 0.3 is 0 Å². The highest BCUT2D eigenvalue weighted by molar-refractivity contribution is 5.56. The highest BCUT2D eigenvalue weighted by Crippen LogP contribution is 2.33. The molecule has 94 valence electrons. The van der Waals surface area contributed by atoms with E-state index in [9.17, 15) is 0 Å². The van der Waals surface area contributed by atoms with Gasteiger partial charge in [-0.2, -0.15) is 0 Å². The van der Waals surface area contributed by atoms with Gasteiger partial charge in [-0.15, -0.1) is 0 Å². The van der Waals surface area contributed by atoms with Crippen molar-refractivity contribution < 1.29 is 4.74 Å². The Hall–Kier alpha value is -1.18. The molecule has 0 amide bonds. The van der Waals surface area contributed by atoms with Crippen LogP contribution in [0.1, 0.15) is 33.1 Å². The number of methoxy groups -OCH3 is 1. The Morgan fingerprint density at radius 2 is 1.94 bits per heavy atom. The summed E-state index contributed by atoms with van der Waals surface area (Å²) in [6.07, 6.45) is 3.92. The van der Waals surface area contributed by atoms with E-state index in [1.54, 1.807) is 7.11 Å². The summed E-state index contributed by atoms with van der Waals surface area (Å²) >= 11 is 0. The maximum atomic E-state index is 5.38. The monoisotopic (exact) mass is 233 g/mol. The second-order valence-electron chi connectivity index (χ2n) is 5.35. The van der Waals surface area contributed by atoms with Gasteiger partial charge in [0.1, 0.15) is 5.75 Å². The molecular weight excluding hydrogens is 210 g/mol. The summed E-state index contributed by atoms with van der Waals surface area (Å²) < 4.78 is 5.38. The highest BCUT2D eigenvalue weighted by atomic mass is 16.5. The van der Waals surface area contributed by atoms with Gasteiger partial charge in [-0.25, -0.2) is 0 Å². The van der Waals surface area contributed by atoms with Crippen LogP contribution in [-0.2, 0) is 0 Å². The van der Waals surface area contributed by atoms with Crippen LogP contribution < -0.4 is 10.1 Å². The smallest absolute Gasteiger partial charge is 0.141 e. The first-order valence-corrected chi connectivity index (χ1v) is 6.60. The first-order chi connectivity index (χ1) is 8.20. The number of ether oxygens (including phenoxy) is 1. The third kappa shape index (κ3) is 2.93. The summed E-state index contributed by atoms with van der Waals surface area (Å²) in [7, 11) is 1.73. The predicted molar refractivity (Wildman–Crippen MR) is 72.6 cm³/mol. The van der Waals surface area contributed by atoms with E-state index in [2.05, 4.69) is 31.3 Å². The third-order valence-electron chi connectivity index (χ3n) is 3.88. The van der Waals surface area contributed by atoms with Crippen LogP contribution in [0.5, 0.6) is 5.75 Å². The zero-order valence-electron chi connectivity index (χ0n) is 11.1. The molecule has 1 N–H and O–H groups in total. The van der Waals surface area contributed by atoms with Gasteiger partial charge in [-0.1, -0.05) is 26.0 Å². The molecule has 0 aromatic heterocycles. The normalized spacial score (nSPS) is 28.8. The quantitative estimate of drug-likeness (QED) is 0.854. The summed E-state index contributed by atoms with van der Waals surface area (Å²) in [5.74, 6) is 2.56. The lowest BCUT2D eigenvalue weighted by Gasteiger charge is -2.34. The van der Waals surface area contributed by atoms with Crippen molar-refractivity contribution in [2.24, 2.45) is 11.8 Å². The van der Waals surface area contributed by atoms with E-state index < -0.39 is 0 Å². The summed E-state index contributed by atoms with van der Waals surface area (Å²) in [6.45, 7) is 4.71. The molecule has 2 heteroatoms. The molecule has 1 saturated carbocycles. The van der Waals surface area contributed by atoms with E-state index >= 15 is 0 Å². The molecule has 1 aromatic rings. The number of benzene rings is 1. The summed E-state index contributed by atoms with van der Waals surface area (Å²) in [5.41, 5.74) is 1.13. The number of hydrogen-bond acceptors (Lipinski definition) is 2. The molecule has 1 aromatic carbocycles. The first-order valence-electron chi connectivity index (χ1n) is 6.60. The number of hydrogen-bond donors (Lipinski definition) is 1. The fraction of sp³-hybridized carbons (Fsp3) is 0.600. The van der Waals surface area contributed by atoms with Crippen molar-refractivity contribution in [3.63, 3.8) is 0 Å². The van der Waals surface area contributed by atoms with Gasteiger partial charge in [0.2, 0.25) is 0 Å². The molecule has 3 atom stereocenters. The number of anilines is 1. The maximum Gasteiger partial charge on any atom is 0.141 e. The van der Waals surface area contributed by atoms with Crippen molar-refractivity contribution in [1.29, 1.82) is 0 Å². The van der Waals surface area contributed by atoms with Crippen LogP contribution in [0.25, 0.3) is 0 Å². The average Bonchev–Trinajstić information content (AvgIpc) is 2.33. The summed E-state index contributed by atoms with van der Waals surface area (Å²) in [6, 6.07) is 8.77. The Bertz CT molecular complexity index is 364. The second-order valence-corrected chi connectivity index (χ2v) is 5.35. The van der Waals surface area contributed by atoms with Crippen molar-refractivity contribution in [1.82, 2.24) is 0 Å². The molecule has 0 bridgehead atoms. The maximum absolute atomic E-state index is 5.38. The SMILES string of the molecule is COc1ccccc1NC1CCC(C)CC1C. The van der Waals surface area contributed by atoms with Crippen molar-refractivity contribution in [2.45, 2.75) is 39.2 Å². The zero-order valence-corrected chi connectivity index (χ0v) is 11.1. The molecule has 0 aliphatic heterocycles. The fourth-order valence-corrected chi connectivity index (χ4v) is 2.84. The van der Waals surface area contributed by atoms with Crippen LogP contribution >= 0.6 is 0 Å². The molecule has 1 aliphatic rings. The van der Waals surface area contributed by atoms with Crippen molar-refractivity contribution in [2.75, 3.05) is 12.4 Å². The van der Waals surface area contributed by atoms with Crippen LogP contribution in [0, 0.1) is 11.8 Å². The van der Waals surface area contributed by atoms with Crippen LogP contribution in [0.4, 0.5) is 5.69 Å². The van der Waals surface area contributed by atoms with E-state index in [4.69, 9.17) is 4.74 Å². The lowest BCUT2D eigenvalue weighted by Crippen LogP contribution is -2.33. The molecule has 3 unspecified atom stereocenters. The minimum atomic E-state index is 0.586. The lowest BCUT2D eigenvalue weighted by atomic mass is 9.80. The lowest BCUT2D eigenvalue weighted by molar-refractivity contribution is 0.276. The molecular formula is C15H23NO. The fourth-order valence-electron chi connectivity index (χ4n) is 2.84. The number of para-hydroxylation sites is 2. The van der Waals surface area contributed by atoms with Gasteiger partial charge in [-0.05, 0) is 43.2 Å². The highest BCUT2D eigenvalue weighted by Gasteiger charge is 2.25. The molecule has 17 heavy (non-hydrogen) atoms. The van der Waals surface area contributed by atoms with E-state index in [1.165, 1.54) is 19.3 Å². The Labute approximate surface area is 104 Å². The van der Waals surface area contributed by atoms with Crippen LogP contribution in [0.15, 0.2) is 24.3 Å². The molecule has 0 radical (unpaired) electrons. The van der Waals surface area contributed by atoms with Crippen LogP contribution in [-0.4, -0.2) is 13.2 Å². The predicted octanol–water partition coefficient (Wildman–Crippen LogP) is 3.93. The van der Waals surface area contributed by atoms with Gasteiger partial charge in [0, 0.05) is 6.04 Å². The van der Waals surface area contributed by atoms with Crippen molar-refractivity contribution in [3.05, 3.63) is 24.3 Å². The zero-order chi connectivity index (χ0) is 12.3. The summed E-state index contributed by atoms with van der Waals surface area (Å²) in [5, 5.41) is 3.65. The van der Waals surface area contributed by atoms with Crippen molar-refractivity contribution >= 4 is 5.69 Å². The topological polar surface area (TPSA) is 21.3 Å². The first kappa shape index (κ1) is 12.3. The molecule has 1 fully saturated rings. The van der Waals surface area contributed by atoms with Gasteiger partial charge in [0.15, 0.2) is 0 Å². The van der Waals surface area contributed by atoms with E-state index in [0.717, 1.165) is 23.3 Å². The Morgan fingerprint density at radius 1 is 1.18 bits per heavy atom. The average molecular weight is 233 g/mol. The number of nitrogens with one attached hydrogen (secondary N) is 1. The van der Waals surface area contributed by atoms with Crippen LogP contribution in [0.2, 0.25) is 0 Å². The minimum Gasteiger partial charge on any atom is -0.495 e. The van der Waals surface area contributed by atoms with Gasteiger partial charge in [-0.3, -0.25) is 0 Å². The minimum absolute atomic E-state index is 0.586. The standard InChI is InChI=1S/C15H23NO/c1-11-8-9-13(12(2)10-11)16-14-6-4-5-7-15(14)17-3/h4-7,11-13,16H,8-10H2,1-3H3. The molecule has 0 heterocycles. The Morgan fingerprint density at radius 3 is 2.65 bits per heavy atom. The third-order valence-corrected chi connectivity index (χ3v) is 3.88. The molecule has 0 saturated heterocycles. The number of rotatable bonds is 3. The van der Waals surface area contributed by atoms with Gasteiger partial charge < -0.3 is 10.1 Å². The Balaban J connectivity index is 2.05. The van der Waals surface area contributed by atoms with Gasteiger partial charge in [0.25, 0.3) is 0 Å². The van der Waals surface area contributed by atoms with E-state index in [1.807, 2.05) is 12.1 Å². The second kappa shape index (κ2) is 5.44. The van der Waals surface area contributed by atoms with Crippen molar-refractivity contribution in [3.8, 4) is 5.75 Å². The molecule has 2 rings (SSSR count).